The number of aryl methyl sites for hydroxylation is 1. The third-order valence-electron chi connectivity index (χ3n) is 5.67. The van der Waals surface area contributed by atoms with E-state index in [1.54, 1.807) is 24.3 Å². The van der Waals surface area contributed by atoms with Crippen LogP contribution in [0.1, 0.15) is 27.9 Å². The van der Waals surface area contributed by atoms with E-state index in [2.05, 4.69) is 0 Å². The summed E-state index contributed by atoms with van der Waals surface area (Å²) in [6, 6.07) is 18.5. The van der Waals surface area contributed by atoms with Gasteiger partial charge in [0.15, 0.2) is 0 Å². The van der Waals surface area contributed by atoms with Crippen LogP contribution < -0.4 is 4.90 Å². The van der Waals surface area contributed by atoms with Crippen molar-refractivity contribution in [1.29, 1.82) is 0 Å². The fraction of sp³-hybridized carbons (Fsp3) is 0.192. The zero-order valence-corrected chi connectivity index (χ0v) is 18.8. The monoisotopic (exact) mass is 464 g/mol. The van der Waals surface area contributed by atoms with Crippen LogP contribution in [0.3, 0.4) is 0 Å². The van der Waals surface area contributed by atoms with Gasteiger partial charge < -0.3 is 4.90 Å². The minimum absolute atomic E-state index is 0.116. The third-order valence-corrected chi connectivity index (χ3v) is 5.91. The van der Waals surface area contributed by atoms with Crippen molar-refractivity contribution in [2.45, 2.75) is 25.8 Å². The Morgan fingerprint density at radius 1 is 1.06 bits per heavy atom. The molecule has 5 nitrogen and oxygen atoms in total. The molecule has 1 saturated heterocycles. The lowest BCUT2D eigenvalue weighted by atomic mass is 10.1. The molecule has 1 aliphatic rings. The van der Waals surface area contributed by atoms with Gasteiger partial charge in [-0.1, -0.05) is 41.4 Å². The van der Waals surface area contributed by atoms with Gasteiger partial charge in [0.05, 0.1) is 12.1 Å². The molecular formula is C26H22ClFN2O3. The maximum atomic E-state index is 13.4. The Kier molecular flexibility index (Phi) is 6.56. The highest BCUT2D eigenvalue weighted by atomic mass is 35.5. The number of nitrogens with zero attached hydrogens (tertiary/aromatic N) is 2. The Morgan fingerprint density at radius 2 is 1.76 bits per heavy atom. The molecule has 3 aromatic rings. The fourth-order valence-electron chi connectivity index (χ4n) is 3.92. The van der Waals surface area contributed by atoms with Crippen molar-refractivity contribution < 1.29 is 18.8 Å². The standard InChI is InChI=1S/C26H22ClFN2O3/c1-17-5-11-22(12-6-17)30-24(31)16-23(26(30)33)29(14-13-18-3-2-4-20(27)15-18)25(32)19-7-9-21(28)10-8-19/h2-12,15,23H,13-14,16H2,1H3. The molecule has 0 bridgehead atoms. The van der Waals surface area contributed by atoms with Crippen molar-refractivity contribution in [3.63, 3.8) is 0 Å². The van der Waals surface area contributed by atoms with E-state index in [0.29, 0.717) is 17.1 Å². The van der Waals surface area contributed by atoms with Crippen LogP contribution in [0.15, 0.2) is 72.8 Å². The Bertz CT molecular complexity index is 1190. The summed E-state index contributed by atoms with van der Waals surface area (Å²) < 4.78 is 13.4. The number of carbonyl (C=O) groups is 3. The van der Waals surface area contributed by atoms with E-state index in [-0.39, 0.29) is 24.4 Å². The minimum Gasteiger partial charge on any atom is -0.326 e. The molecule has 3 aromatic carbocycles. The summed E-state index contributed by atoms with van der Waals surface area (Å²) in [6.45, 7) is 2.11. The molecule has 4 rings (SSSR count). The first kappa shape index (κ1) is 22.7. The minimum atomic E-state index is -0.949. The molecule has 1 unspecified atom stereocenters. The predicted molar refractivity (Wildman–Crippen MR) is 125 cm³/mol. The topological polar surface area (TPSA) is 57.7 Å². The van der Waals surface area contributed by atoms with Gasteiger partial charge in [-0.25, -0.2) is 9.29 Å². The first-order valence-corrected chi connectivity index (χ1v) is 11.0. The number of carbonyl (C=O) groups excluding carboxylic acids is 3. The van der Waals surface area contributed by atoms with Gasteiger partial charge in [0.1, 0.15) is 11.9 Å². The molecule has 168 valence electrons. The molecule has 0 aliphatic carbocycles. The highest BCUT2D eigenvalue weighted by Crippen LogP contribution is 2.27. The molecular weight excluding hydrogens is 443 g/mol. The van der Waals surface area contributed by atoms with Crippen molar-refractivity contribution >= 4 is 35.0 Å². The fourth-order valence-corrected chi connectivity index (χ4v) is 4.14. The van der Waals surface area contributed by atoms with Crippen LogP contribution in [0.5, 0.6) is 0 Å². The van der Waals surface area contributed by atoms with Crippen LogP contribution in [-0.4, -0.2) is 35.2 Å². The molecule has 0 spiro atoms. The van der Waals surface area contributed by atoms with Crippen molar-refractivity contribution in [1.82, 2.24) is 4.90 Å². The van der Waals surface area contributed by atoms with E-state index in [1.165, 1.54) is 29.2 Å². The summed E-state index contributed by atoms with van der Waals surface area (Å²) in [5.74, 6) is -1.72. The number of rotatable bonds is 6. The van der Waals surface area contributed by atoms with Gasteiger partial charge in [0.25, 0.3) is 11.8 Å². The number of halogens is 2. The van der Waals surface area contributed by atoms with E-state index in [4.69, 9.17) is 11.6 Å². The number of benzene rings is 3. The zero-order chi connectivity index (χ0) is 23.5. The summed E-state index contributed by atoms with van der Waals surface area (Å²) in [5, 5.41) is 0.571. The van der Waals surface area contributed by atoms with Crippen molar-refractivity contribution in [3.8, 4) is 0 Å². The highest BCUT2D eigenvalue weighted by Gasteiger charge is 2.44. The molecule has 1 heterocycles. The van der Waals surface area contributed by atoms with Crippen LogP contribution in [-0.2, 0) is 16.0 Å². The lowest BCUT2D eigenvalue weighted by Gasteiger charge is -2.28. The quantitative estimate of drug-likeness (QED) is 0.492. The average Bonchev–Trinajstić information content (AvgIpc) is 3.09. The van der Waals surface area contributed by atoms with Crippen LogP contribution in [0.4, 0.5) is 10.1 Å². The number of hydrogen-bond acceptors (Lipinski definition) is 3. The first-order chi connectivity index (χ1) is 15.8. The normalized spacial score (nSPS) is 15.7. The lowest BCUT2D eigenvalue weighted by Crippen LogP contribution is -2.46. The van der Waals surface area contributed by atoms with E-state index in [1.807, 2.05) is 31.2 Å². The van der Waals surface area contributed by atoms with Crippen molar-refractivity contribution in [2.24, 2.45) is 0 Å². The van der Waals surface area contributed by atoms with E-state index in [9.17, 15) is 18.8 Å². The molecule has 7 heteroatoms. The van der Waals surface area contributed by atoms with Crippen LogP contribution in [0, 0.1) is 12.7 Å². The highest BCUT2D eigenvalue weighted by molar-refractivity contribution is 6.30. The zero-order valence-electron chi connectivity index (χ0n) is 18.0. The maximum Gasteiger partial charge on any atom is 0.257 e. The van der Waals surface area contributed by atoms with E-state index < -0.39 is 23.7 Å². The van der Waals surface area contributed by atoms with Crippen LogP contribution >= 0.6 is 11.6 Å². The van der Waals surface area contributed by atoms with E-state index >= 15 is 0 Å². The number of amides is 3. The second-order valence-corrected chi connectivity index (χ2v) is 8.44. The van der Waals surface area contributed by atoms with Gasteiger partial charge in [-0.2, -0.15) is 0 Å². The average molecular weight is 465 g/mol. The predicted octanol–water partition coefficient (Wildman–Crippen LogP) is 4.80. The molecule has 33 heavy (non-hydrogen) atoms. The number of anilines is 1. The smallest absolute Gasteiger partial charge is 0.257 e. The van der Waals surface area contributed by atoms with Crippen molar-refractivity contribution in [2.75, 3.05) is 11.4 Å². The summed E-state index contributed by atoms with van der Waals surface area (Å²) in [5.41, 5.74) is 2.62. The molecule has 1 fully saturated rings. The summed E-state index contributed by atoms with van der Waals surface area (Å²) in [7, 11) is 0. The van der Waals surface area contributed by atoms with Gasteiger partial charge in [0, 0.05) is 17.1 Å². The third kappa shape index (κ3) is 4.96. The van der Waals surface area contributed by atoms with Gasteiger partial charge in [0.2, 0.25) is 5.91 Å². The largest absolute Gasteiger partial charge is 0.326 e. The molecule has 0 N–H and O–H groups in total. The lowest BCUT2D eigenvalue weighted by molar-refractivity contribution is -0.122. The summed E-state index contributed by atoms with van der Waals surface area (Å²) in [4.78, 5) is 42.0. The molecule has 0 aromatic heterocycles. The van der Waals surface area contributed by atoms with Gasteiger partial charge in [-0.3, -0.25) is 14.4 Å². The Hall–Kier alpha value is -3.51. The van der Waals surface area contributed by atoms with Crippen molar-refractivity contribution in [3.05, 3.63) is 100 Å². The summed E-state index contributed by atoms with van der Waals surface area (Å²) in [6.07, 6.45) is 0.325. The first-order valence-electron chi connectivity index (χ1n) is 10.6. The SMILES string of the molecule is Cc1ccc(N2C(=O)CC(N(CCc3cccc(Cl)c3)C(=O)c3ccc(F)cc3)C2=O)cc1. The van der Waals surface area contributed by atoms with Gasteiger partial charge in [-0.15, -0.1) is 0 Å². The molecule has 3 amide bonds. The number of imide groups is 1. The Balaban J connectivity index is 1.63. The van der Waals surface area contributed by atoms with Gasteiger partial charge in [-0.05, 0) is 67.4 Å². The van der Waals surface area contributed by atoms with Gasteiger partial charge >= 0.3 is 0 Å². The molecule has 0 radical (unpaired) electrons. The molecule has 1 aliphatic heterocycles. The summed E-state index contributed by atoms with van der Waals surface area (Å²) >= 11 is 6.08. The second-order valence-electron chi connectivity index (χ2n) is 8.01. The Morgan fingerprint density at radius 3 is 2.42 bits per heavy atom. The maximum absolute atomic E-state index is 13.4. The molecule has 0 saturated carbocycles. The number of hydrogen-bond donors (Lipinski definition) is 0. The molecule has 1 atom stereocenters. The van der Waals surface area contributed by atoms with E-state index in [0.717, 1.165) is 16.0 Å². The second kappa shape index (κ2) is 9.55. The van der Waals surface area contributed by atoms with Crippen LogP contribution in [0.2, 0.25) is 5.02 Å². The Labute approximate surface area is 196 Å². The van der Waals surface area contributed by atoms with Crippen LogP contribution in [0.25, 0.3) is 0 Å².